The molecule has 0 aromatic carbocycles. The molecule has 1 atom stereocenters. The van der Waals surface area contributed by atoms with Gasteiger partial charge in [-0.05, 0) is 32.1 Å². The maximum absolute atomic E-state index is 3.93. The molecule has 0 aromatic heterocycles. The lowest BCUT2D eigenvalue weighted by molar-refractivity contribution is 0.607. The van der Waals surface area contributed by atoms with Gasteiger partial charge in [0.1, 0.15) is 0 Å². The van der Waals surface area contributed by atoms with Gasteiger partial charge in [0, 0.05) is 0 Å². The summed E-state index contributed by atoms with van der Waals surface area (Å²) in [6, 6.07) is 0. The van der Waals surface area contributed by atoms with Crippen LogP contribution in [0.5, 0.6) is 0 Å². The Balaban J connectivity index is 2.50. The highest BCUT2D eigenvalue weighted by Crippen LogP contribution is 2.22. The number of hydrogen-bond acceptors (Lipinski definition) is 0. The summed E-state index contributed by atoms with van der Waals surface area (Å²) in [5.41, 5.74) is 1.31. The summed E-state index contributed by atoms with van der Waals surface area (Å²) in [5.74, 6) is 0.679. The minimum atomic E-state index is 0.679. The second kappa shape index (κ2) is 2.86. The molecule has 0 bridgehead atoms. The van der Waals surface area contributed by atoms with Crippen molar-refractivity contribution in [2.24, 2.45) is 5.92 Å². The first-order valence-corrected chi connectivity index (χ1v) is 3.63. The fourth-order valence-corrected chi connectivity index (χ4v) is 1.22. The zero-order valence-corrected chi connectivity index (χ0v) is 6.06. The topological polar surface area (TPSA) is 0 Å². The Bertz CT molecular complexity index is 131. The van der Waals surface area contributed by atoms with Crippen LogP contribution in [0, 0.1) is 5.92 Å². The van der Waals surface area contributed by atoms with Gasteiger partial charge in [-0.3, -0.25) is 0 Å². The second-order valence-corrected chi connectivity index (χ2v) is 2.81. The summed E-state index contributed by atoms with van der Waals surface area (Å²) in [6.45, 7) is 6.04. The van der Waals surface area contributed by atoms with Gasteiger partial charge >= 0.3 is 0 Å². The Morgan fingerprint density at radius 3 is 2.78 bits per heavy atom. The molecule has 1 aliphatic rings. The number of hydrogen-bond donors (Lipinski definition) is 0. The van der Waals surface area contributed by atoms with E-state index in [0.717, 1.165) is 0 Å². The van der Waals surface area contributed by atoms with Crippen molar-refractivity contribution < 1.29 is 0 Å². The highest BCUT2D eigenvalue weighted by atomic mass is 14.1. The van der Waals surface area contributed by atoms with E-state index >= 15 is 0 Å². The molecule has 0 N–H and O–H groups in total. The lowest BCUT2D eigenvalue weighted by atomic mass is 9.91. The SMILES string of the molecule is C=C(C)C1C=CCCC1. The van der Waals surface area contributed by atoms with Crippen LogP contribution in [0.25, 0.3) is 0 Å². The van der Waals surface area contributed by atoms with Crippen molar-refractivity contribution in [2.45, 2.75) is 26.2 Å². The predicted octanol–water partition coefficient (Wildman–Crippen LogP) is 2.92. The van der Waals surface area contributed by atoms with Gasteiger partial charge in [-0.15, -0.1) is 0 Å². The van der Waals surface area contributed by atoms with E-state index in [4.69, 9.17) is 0 Å². The Morgan fingerprint density at radius 1 is 1.67 bits per heavy atom. The molecule has 0 heteroatoms. The van der Waals surface area contributed by atoms with Crippen molar-refractivity contribution in [1.82, 2.24) is 0 Å². The highest BCUT2D eigenvalue weighted by Gasteiger charge is 2.06. The molecule has 0 heterocycles. The molecule has 0 saturated heterocycles. The molecular formula is C9H14. The standard InChI is InChI=1S/C9H14/c1-8(2)9-6-4-3-5-7-9/h4,6,9H,1,3,5,7H2,2H3. The van der Waals surface area contributed by atoms with Gasteiger partial charge in [0.2, 0.25) is 0 Å². The third-order valence-electron chi connectivity index (χ3n) is 1.89. The normalized spacial score (nSPS) is 26.1. The molecule has 1 unspecified atom stereocenters. The van der Waals surface area contributed by atoms with Gasteiger partial charge in [-0.25, -0.2) is 0 Å². The van der Waals surface area contributed by atoms with E-state index in [0.29, 0.717) is 5.92 Å². The van der Waals surface area contributed by atoms with E-state index in [1.807, 2.05) is 0 Å². The van der Waals surface area contributed by atoms with Crippen molar-refractivity contribution in [3.8, 4) is 0 Å². The van der Waals surface area contributed by atoms with Crippen LogP contribution in [0.4, 0.5) is 0 Å². The summed E-state index contributed by atoms with van der Waals surface area (Å²) >= 11 is 0. The quantitative estimate of drug-likeness (QED) is 0.469. The second-order valence-electron chi connectivity index (χ2n) is 2.81. The summed E-state index contributed by atoms with van der Waals surface area (Å²) in [6.07, 6.45) is 8.47. The molecule has 0 spiro atoms. The Morgan fingerprint density at radius 2 is 2.44 bits per heavy atom. The van der Waals surface area contributed by atoms with Gasteiger partial charge in [-0.2, -0.15) is 0 Å². The van der Waals surface area contributed by atoms with Gasteiger partial charge in [0.25, 0.3) is 0 Å². The van der Waals surface area contributed by atoms with Gasteiger partial charge in [0.15, 0.2) is 0 Å². The lowest BCUT2D eigenvalue weighted by Crippen LogP contribution is -2.00. The average Bonchev–Trinajstić information content (AvgIpc) is 1.90. The molecule has 0 radical (unpaired) electrons. The smallest absolute Gasteiger partial charge is 0.00286 e. The van der Waals surface area contributed by atoms with Crippen LogP contribution in [-0.4, -0.2) is 0 Å². The molecule has 0 aromatic rings. The van der Waals surface area contributed by atoms with Gasteiger partial charge in [0.05, 0.1) is 0 Å². The van der Waals surface area contributed by atoms with E-state index in [9.17, 15) is 0 Å². The lowest BCUT2D eigenvalue weighted by Gasteiger charge is -2.15. The Hall–Kier alpha value is -0.520. The first-order valence-electron chi connectivity index (χ1n) is 3.63. The summed E-state index contributed by atoms with van der Waals surface area (Å²) in [7, 11) is 0. The van der Waals surface area contributed by atoms with E-state index < -0.39 is 0 Å². The number of allylic oxidation sites excluding steroid dienone is 3. The van der Waals surface area contributed by atoms with Crippen LogP contribution in [0.15, 0.2) is 24.3 Å². The van der Waals surface area contributed by atoms with E-state index in [2.05, 4.69) is 25.7 Å². The number of rotatable bonds is 1. The fraction of sp³-hybridized carbons (Fsp3) is 0.556. The molecule has 0 amide bonds. The molecular weight excluding hydrogens is 108 g/mol. The van der Waals surface area contributed by atoms with Gasteiger partial charge < -0.3 is 0 Å². The highest BCUT2D eigenvalue weighted by molar-refractivity contribution is 5.08. The monoisotopic (exact) mass is 122 g/mol. The Kier molecular flexibility index (Phi) is 2.10. The fourth-order valence-electron chi connectivity index (χ4n) is 1.22. The first-order chi connectivity index (χ1) is 4.30. The van der Waals surface area contributed by atoms with Crippen molar-refractivity contribution in [3.05, 3.63) is 24.3 Å². The molecule has 0 aliphatic heterocycles. The zero-order valence-electron chi connectivity index (χ0n) is 6.06. The zero-order chi connectivity index (χ0) is 6.69. The minimum absolute atomic E-state index is 0.679. The summed E-state index contributed by atoms with van der Waals surface area (Å²) in [5, 5.41) is 0. The van der Waals surface area contributed by atoms with Crippen LogP contribution < -0.4 is 0 Å². The molecule has 0 fully saturated rings. The van der Waals surface area contributed by atoms with Crippen molar-refractivity contribution >= 4 is 0 Å². The third-order valence-corrected chi connectivity index (χ3v) is 1.89. The van der Waals surface area contributed by atoms with Crippen LogP contribution in [0.3, 0.4) is 0 Å². The van der Waals surface area contributed by atoms with E-state index in [1.165, 1.54) is 24.8 Å². The van der Waals surface area contributed by atoms with Gasteiger partial charge in [-0.1, -0.05) is 24.3 Å². The maximum atomic E-state index is 3.93. The van der Waals surface area contributed by atoms with Crippen LogP contribution >= 0.6 is 0 Å². The third kappa shape index (κ3) is 1.70. The molecule has 1 rings (SSSR count). The molecule has 50 valence electrons. The summed E-state index contributed by atoms with van der Waals surface area (Å²) < 4.78 is 0. The molecule has 1 aliphatic carbocycles. The first kappa shape index (κ1) is 6.60. The van der Waals surface area contributed by atoms with E-state index in [1.54, 1.807) is 0 Å². The largest absolute Gasteiger partial charge is 0.0995 e. The minimum Gasteiger partial charge on any atom is -0.0995 e. The maximum Gasteiger partial charge on any atom is -0.00286 e. The van der Waals surface area contributed by atoms with Crippen molar-refractivity contribution in [1.29, 1.82) is 0 Å². The molecule has 0 saturated carbocycles. The van der Waals surface area contributed by atoms with Crippen LogP contribution in [0.1, 0.15) is 26.2 Å². The predicted molar refractivity (Wildman–Crippen MR) is 41.3 cm³/mol. The van der Waals surface area contributed by atoms with Crippen molar-refractivity contribution in [2.75, 3.05) is 0 Å². The summed E-state index contributed by atoms with van der Waals surface area (Å²) in [4.78, 5) is 0. The Labute approximate surface area is 57.3 Å². The average molecular weight is 122 g/mol. The van der Waals surface area contributed by atoms with Crippen molar-refractivity contribution in [3.63, 3.8) is 0 Å². The molecule has 9 heavy (non-hydrogen) atoms. The molecule has 0 nitrogen and oxygen atoms in total. The van der Waals surface area contributed by atoms with E-state index in [-0.39, 0.29) is 0 Å². The van der Waals surface area contributed by atoms with Crippen LogP contribution in [-0.2, 0) is 0 Å². The van der Waals surface area contributed by atoms with Crippen LogP contribution in [0.2, 0.25) is 0 Å².